The fourth-order valence-electron chi connectivity index (χ4n) is 4.02. The maximum atomic E-state index is 12.3. The molecule has 0 aliphatic heterocycles. The molecule has 0 amide bonds. The molecule has 0 bridgehead atoms. The van der Waals surface area contributed by atoms with Gasteiger partial charge in [-0.15, -0.1) is 23.1 Å². The van der Waals surface area contributed by atoms with E-state index in [-0.39, 0.29) is 6.54 Å². The molecule has 0 atom stereocenters. The zero-order valence-corrected chi connectivity index (χ0v) is 19.5. The highest BCUT2D eigenvalue weighted by molar-refractivity contribution is 8.00. The first kappa shape index (κ1) is 22.3. The molecule has 2 aliphatic rings. The Morgan fingerprint density at radius 3 is 2.77 bits per heavy atom. The summed E-state index contributed by atoms with van der Waals surface area (Å²) >= 11 is 3.84. The highest BCUT2D eigenvalue weighted by atomic mass is 32.2. The lowest BCUT2D eigenvalue weighted by molar-refractivity contribution is 0.442. The molecule has 1 aromatic heterocycles. The van der Waals surface area contributed by atoms with Gasteiger partial charge in [0, 0.05) is 45.9 Å². The number of allylic oxidation sites excluding steroid dienone is 1. The van der Waals surface area contributed by atoms with Gasteiger partial charge in [0.2, 0.25) is 0 Å². The van der Waals surface area contributed by atoms with Crippen LogP contribution in [0.1, 0.15) is 62.3 Å². The molecule has 3 N–H and O–H groups in total. The number of alkyl halides is 1. The van der Waals surface area contributed by atoms with Gasteiger partial charge in [-0.25, -0.2) is 9.37 Å². The summed E-state index contributed by atoms with van der Waals surface area (Å²) < 4.78 is 12.3. The van der Waals surface area contributed by atoms with E-state index >= 15 is 0 Å². The van der Waals surface area contributed by atoms with Gasteiger partial charge in [0.05, 0.1) is 22.1 Å². The number of thioether (sulfide) groups is 1. The zero-order chi connectivity index (χ0) is 21.5. The van der Waals surface area contributed by atoms with Gasteiger partial charge in [-0.1, -0.05) is 31.7 Å². The quantitative estimate of drug-likeness (QED) is 0.408. The minimum atomic E-state index is -0.469. The lowest BCUT2D eigenvalue weighted by Gasteiger charge is -2.25. The van der Waals surface area contributed by atoms with E-state index in [1.54, 1.807) is 6.21 Å². The third-order valence-corrected chi connectivity index (χ3v) is 8.57. The standard InChI is InChI=1S/C24H31FN4S2/c25-11-12-27-15-19(14-26)29-18-9-10-21(22(13-18)30-20-7-4-8-20)23-16-28-24(31-23)17-5-2-1-3-6-17/h9-10,13-17,20,29H,1-8,11-12,26H2. The Kier molecular flexibility index (Phi) is 8.03. The smallest absolute Gasteiger partial charge is 0.109 e. The summed E-state index contributed by atoms with van der Waals surface area (Å²) in [6.07, 6.45) is 15.6. The summed E-state index contributed by atoms with van der Waals surface area (Å²) in [5.41, 5.74) is 8.62. The largest absolute Gasteiger partial charge is 0.403 e. The molecule has 2 saturated carbocycles. The van der Waals surface area contributed by atoms with Gasteiger partial charge in [0.15, 0.2) is 0 Å². The van der Waals surface area contributed by atoms with Gasteiger partial charge in [0.1, 0.15) is 6.67 Å². The summed E-state index contributed by atoms with van der Waals surface area (Å²) in [6, 6.07) is 6.46. The van der Waals surface area contributed by atoms with Crippen LogP contribution in [0.2, 0.25) is 0 Å². The molecule has 4 rings (SSSR count). The summed E-state index contributed by atoms with van der Waals surface area (Å²) in [4.78, 5) is 11.4. The van der Waals surface area contributed by atoms with Crippen LogP contribution in [0.4, 0.5) is 10.1 Å². The summed E-state index contributed by atoms with van der Waals surface area (Å²) in [7, 11) is 0. The Morgan fingerprint density at radius 1 is 1.23 bits per heavy atom. The van der Waals surface area contributed by atoms with E-state index in [4.69, 9.17) is 10.7 Å². The number of rotatable bonds is 9. The van der Waals surface area contributed by atoms with Crippen molar-refractivity contribution in [1.82, 2.24) is 4.98 Å². The Labute approximate surface area is 192 Å². The van der Waals surface area contributed by atoms with Crippen LogP contribution in [-0.2, 0) is 0 Å². The van der Waals surface area contributed by atoms with Crippen molar-refractivity contribution in [2.75, 3.05) is 18.5 Å². The number of aromatic nitrogens is 1. The van der Waals surface area contributed by atoms with E-state index in [1.807, 2.05) is 23.1 Å². The van der Waals surface area contributed by atoms with Crippen LogP contribution in [0.5, 0.6) is 0 Å². The van der Waals surface area contributed by atoms with Crippen molar-refractivity contribution in [2.24, 2.45) is 10.7 Å². The van der Waals surface area contributed by atoms with E-state index < -0.39 is 6.67 Å². The molecule has 2 fully saturated rings. The predicted molar refractivity (Wildman–Crippen MR) is 132 cm³/mol. The Balaban J connectivity index is 1.56. The number of anilines is 1. The van der Waals surface area contributed by atoms with Crippen molar-refractivity contribution in [3.63, 3.8) is 0 Å². The molecule has 0 unspecified atom stereocenters. The van der Waals surface area contributed by atoms with Gasteiger partial charge in [-0.05, 0) is 37.8 Å². The maximum absolute atomic E-state index is 12.3. The lowest BCUT2D eigenvalue weighted by Crippen LogP contribution is -2.13. The molecule has 0 radical (unpaired) electrons. The van der Waals surface area contributed by atoms with Crippen molar-refractivity contribution in [2.45, 2.75) is 67.4 Å². The second-order valence-electron chi connectivity index (χ2n) is 8.25. The summed E-state index contributed by atoms with van der Waals surface area (Å²) in [5.74, 6) is 0.636. The number of nitrogens with zero attached hydrogens (tertiary/aromatic N) is 2. The van der Waals surface area contributed by atoms with Crippen LogP contribution in [0.15, 0.2) is 46.2 Å². The monoisotopic (exact) mass is 458 g/mol. The molecule has 4 nitrogen and oxygen atoms in total. The number of hydrogen-bond donors (Lipinski definition) is 2. The van der Waals surface area contributed by atoms with Crippen molar-refractivity contribution in [3.8, 4) is 10.4 Å². The average Bonchev–Trinajstić information content (AvgIpc) is 3.26. The minimum Gasteiger partial charge on any atom is -0.403 e. The van der Waals surface area contributed by atoms with Crippen LogP contribution in [0.25, 0.3) is 10.4 Å². The number of aliphatic imine (C=N–C) groups is 1. The zero-order valence-electron chi connectivity index (χ0n) is 17.9. The summed E-state index contributed by atoms with van der Waals surface area (Å²) in [5, 5.41) is 5.30. The van der Waals surface area contributed by atoms with Crippen molar-refractivity contribution >= 4 is 35.0 Å². The first-order chi connectivity index (χ1) is 15.3. The van der Waals surface area contributed by atoms with Crippen molar-refractivity contribution < 1.29 is 4.39 Å². The molecular weight excluding hydrogens is 427 g/mol. The molecule has 0 saturated heterocycles. The fourth-order valence-corrected chi connectivity index (χ4v) is 6.63. The third kappa shape index (κ3) is 5.89. The number of halogens is 1. The maximum Gasteiger partial charge on any atom is 0.109 e. The molecule has 2 aromatic rings. The Hall–Kier alpha value is -1.86. The van der Waals surface area contributed by atoms with Gasteiger partial charge in [-0.3, -0.25) is 4.99 Å². The van der Waals surface area contributed by atoms with Crippen LogP contribution < -0.4 is 11.1 Å². The van der Waals surface area contributed by atoms with E-state index in [9.17, 15) is 4.39 Å². The van der Waals surface area contributed by atoms with Crippen LogP contribution in [-0.4, -0.2) is 29.7 Å². The van der Waals surface area contributed by atoms with E-state index in [0.717, 1.165) is 5.69 Å². The van der Waals surface area contributed by atoms with E-state index in [0.29, 0.717) is 16.9 Å². The number of nitrogens with two attached hydrogens (primary N) is 1. The van der Waals surface area contributed by atoms with Crippen LogP contribution in [0, 0.1) is 0 Å². The van der Waals surface area contributed by atoms with Gasteiger partial charge in [-0.2, -0.15) is 0 Å². The molecule has 31 heavy (non-hydrogen) atoms. The number of nitrogens with one attached hydrogen (secondary N) is 1. The minimum absolute atomic E-state index is 0.148. The van der Waals surface area contributed by atoms with E-state index in [1.165, 1.54) is 77.9 Å². The molecule has 1 aromatic carbocycles. The molecule has 1 heterocycles. The number of benzene rings is 1. The Morgan fingerprint density at radius 2 is 2.06 bits per heavy atom. The third-order valence-electron chi connectivity index (χ3n) is 5.98. The van der Waals surface area contributed by atoms with Crippen molar-refractivity contribution in [1.29, 1.82) is 0 Å². The second kappa shape index (κ2) is 11.1. The predicted octanol–water partition coefficient (Wildman–Crippen LogP) is 6.75. The molecule has 0 spiro atoms. The summed E-state index contributed by atoms with van der Waals surface area (Å²) in [6.45, 7) is -0.321. The molecule has 2 aliphatic carbocycles. The second-order valence-corrected chi connectivity index (χ2v) is 10.7. The Bertz CT molecular complexity index is 914. The SMILES string of the molecule is NC=C(C=NCCF)Nc1ccc(-c2cnc(C3CCCCC3)s2)c(SC2CCC2)c1. The van der Waals surface area contributed by atoms with Gasteiger partial charge in [0.25, 0.3) is 0 Å². The first-order valence-electron chi connectivity index (χ1n) is 11.3. The lowest BCUT2D eigenvalue weighted by atomic mass is 9.90. The molecular formula is C24H31FN4S2. The molecule has 166 valence electrons. The van der Waals surface area contributed by atoms with Gasteiger partial charge < -0.3 is 11.1 Å². The van der Waals surface area contributed by atoms with Gasteiger partial charge >= 0.3 is 0 Å². The van der Waals surface area contributed by atoms with Crippen LogP contribution in [0.3, 0.4) is 0 Å². The first-order valence-corrected chi connectivity index (χ1v) is 13.0. The average molecular weight is 459 g/mol. The normalized spacial score (nSPS) is 18.4. The van der Waals surface area contributed by atoms with E-state index in [2.05, 4.69) is 34.7 Å². The van der Waals surface area contributed by atoms with Crippen molar-refractivity contribution in [3.05, 3.63) is 41.3 Å². The fraction of sp³-hybridized carbons (Fsp3) is 0.500. The molecule has 7 heteroatoms. The topological polar surface area (TPSA) is 63.3 Å². The highest BCUT2D eigenvalue weighted by Gasteiger charge is 2.23. The number of thiazole rings is 1. The van der Waals surface area contributed by atoms with Crippen LogP contribution >= 0.6 is 23.1 Å². The number of hydrogen-bond acceptors (Lipinski definition) is 6. The highest BCUT2D eigenvalue weighted by Crippen LogP contribution is 2.44.